The van der Waals surface area contributed by atoms with Crippen LogP contribution in [0.3, 0.4) is 0 Å². The summed E-state index contributed by atoms with van der Waals surface area (Å²) >= 11 is 7.63. The van der Waals surface area contributed by atoms with E-state index in [4.69, 9.17) is 17.3 Å². The summed E-state index contributed by atoms with van der Waals surface area (Å²) in [5.74, 6) is 0.609. The summed E-state index contributed by atoms with van der Waals surface area (Å²) in [5.41, 5.74) is 6.69. The summed E-state index contributed by atoms with van der Waals surface area (Å²) in [5, 5.41) is 1.43. The van der Waals surface area contributed by atoms with E-state index in [9.17, 15) is 4.79 Å². The Kier molecular flexibility index (Phi) is 3.61. The number of carbonyl (C=O) groups is 1. The zero-order valence-corrected chi connectivity index (χ0v) is 12.9. The van der Waals surface area contributed by atoms with Crippen molar-refractivity contribution < 1.29 is 4.79 Å². The van der Waals surface area contributed by atoms with E-state index in [0.29, 0.717) is 21.5 Å². The molecule has 1 unspecified atom stereocenters. The number of anilines is 1. The van der Waals surface area contributed by atoms with E-state index < -0.39 is 0 Å². The second-order valence-electron chi connectivity index (χ2n) is 5.46. The monoisotopic (exact) mass is 308 g/mol. The largest absolute Gasteiger partial charge is 0.397 e. The predicted molar refractivity (Wildman–Crippen MR) is 85.5 cm³/mol. The molecule has 0 radical (unpaired) electrons. The lowest BCUT2D eigenvalue weighted by Gasteiger charge is -2.30. The van der Waals surface area contributed by atoms with Crippen molar-refractivity contribution in [3.63, 3.8) is 0 Å². The quantitative estimate of drug-likeness (QED) is 0.865. The summed E-state index contributed by atoms with van der Waals surface area (Å²) < 4.78 is 0.975. The predicted octanol–water partition coefficient (Wildman–Crippen LogP) is 4.01. The molecule has 3 nitrogen and oxygen atoms in total. The number of nitrogens with two attached hydrogens (primary N) is 1. The van der Waals surface area contributed by atoms with E-state index in [0.717, 1.165) is 29.6 Å². The topological polar surface area (TPSA) is 46.3 Å². The number of rotatable bonds is 1. The van der Waals surface area contributed by atoms with Crippen LogP contribution in [0.5, 0.6) is 0 Å². The number of nitrogens with zero attached hydrogens (tertiary/aromatic N) is 1. The van der Waals surface area contributed by atoms with Gasteiger partial charge < -0.3 is 10.6 Å². The fourth-order valence-electron chi connectivity index (χ4n) is 2.81. The van der Waals surface area contributed by atoms with Crippen LogP contribution in [-0.2, 0) is 0 Å². The number of hydrogen-bond acceptors (Lipinski definition) is 3. The van der Waals surface area contributed by atoms with E-state index >= 15 is 0 Å². The number of hydrogen-bond donors (Lipinski definition) is 1. The van der Waals surface area contributed by atoms with Crippen LogP contribution in [0.15, 0.2) is 18.2 Å². The van der Waals surface area contributed by atoms with E-state index in [1.165, 1.54) is 17.8 Å². The number of halogens is 1. The van der Waals surface area contributed by atoms with Gasteiger partial charge in [-0.15, -0.1) is 11.3 Å². The smallest absolute Gasteiger partial charge is 0.266 e. The van der Waals surface area contributed by atoms with Gasteiger partial charge in [0, 0.05) is 23.2 Å². The molecule has 1 saturated heterocycles. The summed E-state index contributed by atoms with van der Waals surface area (Å²) in [6.07, 6.45) is 2.26. The van der Waals surface area contributed by atoms with Crippen molar-refractivity contribution >= 4 is 44.6 Å². The summed E-state index contributed by atoms with van der Waals surface area (Å²) in [6, 6.07) is 5.65. The van der Waals surface area contributed by atoms with Crippen molar-refractivity contribution in [2.45, 2.75) is 19.8 Å². The standard InChI is InChI=1S/C15H17ClN2OS/c1-9-4-3-7-18(8-9)15(19)14-13(17)12-10(16)5-2-6-11(12)20-14/h2,5-6,9H,3-4,7-8,17H2,1H3. The molecular formula is C15H17ClN2OS. The minimum Gasteiger partial charge on any atom is -0.397 e. The third-order valence-electron chi connectivity index (χ3n) is 3.84. The Labute approximate surface area is 127 Å². The number of piperidine rings is 1. The molecule has 5 heteroatoms. The first-order chi connectivity index (χ1) is 9.58. The molecule has 106 valence electrons. The molecule has 2 N–H and O–H groups in total. The molecule has 1 atom stereocenters. The van der Waals surface area contributed by atoms with Gasteiger partial charge in [0.25, 0.3) is 5.91 Å². The molecule has 2 heterocycles. The average Bonchev–Trinajstić information content (AvgIpc) is 2.76. The fourth-order valence-corrected chi connectivity index (χ4v) is 4.25. The Morgan fingerprint density at radius 1 is 1.50 bits per heavy atom. The van der Waals surface area contributed by atoms with Gasteiger partial charge >= 0.3 is 0 Å². The molecule has 3 rings (SSSR count). The van der Waals surface area contributed by atoms with Crippen molar-refractivity contribution in [3.05, 3.63) is 28.1 Å². The normalized spacial score (nSPS) is 19.5. The van der Waals surface area contributed by atoms with Gasteiger partial charge in [0.1, 0.15) is 4.88 Å². The van der Waals surface area contributed by atoms with Crippen molar-refractivity contribution in [3.8, 4) is 0 Å². The van der Waals surface area contributed by atoms with Crippen LogP contribution in [0.2, 0.25) is 5.02 Å². The highest BCUT2D eigenvalue weighted by Gasteiger charge is 2.26. The Balaban J connectivity index is 1.99. The molecule has 1 amide bonds. The summed E-state index contributed by atoms with van der Waals surface area (Å²) in [7, 11) is 0. The first-order valence-electron chi connectivity index (χ1n) is 6.83. The van der Waals surface area contributed by atoms with E-state index in [1.807, 2.05) is 23.1 Å². The molecule has 0 spiro atoms. The highest BCUT2D eigenvalue weighted by Crippen LogP contribution is 2.38. The molecular weight excluding hydrogens is 292 g/mol. The van der Waals surface area contributed by atoms with Crippen LogP contribution in [0.25, 0.3) is 10.1 Å². The second-order valence-corrected chi connectivity index (χ2v) is 6.92. The Hall–Kier alpha value is -1.26. The molecule has 20 heavy (non-hydrogen) atoms. The van der Waals surface area contributed by atoms with Crippen LogP contribution < -0.4 is 5.73 Å². The van der Waals surface area contributed by atoms with Gasteiger partial charge in [-0.3, -0.25) is 4.79 Å². The van der Waals surface area contributed by atoms with Gasteiger partial charge in [0.15, 0.2) is 0 Å². The van der Waals surface area contributed by atoms with E-state index in [-0.39, 0.29) is 5.91 Å². The number of carbonyl (C=O) groups excluding carboxylic acids is 1. The molecule has 2 aromatic rings. The molecule has 0 saturated carbocycles. The molecule has 1 aromatic heterocycles. The number of fused-ring (bicyclic) bond motifs is 1. The second kappa shape index (κ2) is 5.26. The Bertz CT molecular complexity index is 667. The van der Waals surface area contributed by atoms with Crippen LogP contribution in [0.1, 0.15) is 29.4 Å². The van der Waals surface area contributed by atoms with Gasteiger partial charge in [-0.25, -0.2) is 0 Å². The first kappa shape index (κ1) is 13.7. The SMILES string of the molecule is CC1CCCN(C(=O)c2sc3cccc(Cl)c3c2N)C1. The third kappa shape index (κ3) is 2.27. The molecule has 1 fully saturated rings. The van der Waals surface area contributed by atoms with Gasteiger partial charge in [-0.05, 0) is 30.9 Å². The van der Waals surface area contributed by atoms with E-state index in [1.54, 1.807) is 0 Å². The number of amides is 1. The van der Waals surface area contributed by atoms with Gasteiger partial charge in [-0.2, -0.15) is 0 Å². The van der Waals surface area contributed by atoms with Crippen molar-refractivity contribution in [2.24, 2.45) is 5.92 Å². The van der Waals surface area contributed by atoms with Crippen LogP contribution in [0.4, 0.5) is 5.69 Å². The number of nitrogen functional groups attached to an aromatic ring is 1. The number of benzene rings is 1. The Morgan fingerprint density at radius 3 is 3.00 bits per heavy atom. The van der Waals surface area contributed by atoms with Gasteiger partial charge in [0.2, 0.25) is 0 Å². The van der Waals surface area contributed by atoms with Crippen molar-refractivity contribution in [1.29, 1.82) is 0 Å². The zero-order valence-electron chi connectivity index (χ0n) is 11.4. The first-order valence-corrected chi connectivity index (χ1v) is 8.03. The minimum atomic E-state index is 0.0475. The molecule has 1 aliphatic rings. The number of thiophene rings is 1. The van der Waals surface area contributed by atoms with Crippen LogP contribution >= 0.6 is 22.9 Å². The molecule has 1 aliphatic heterocycles. The van der Waals surface area contributed by atoms with Gasteiger partial charge in [-0.1, -0.05) is 24.6 Å². The lowest BCUT2D eigenvalue weighted by molar-refractivity contribution is 0.0689. The fraction of sp³-hybridized carbons (Fsp3) is 0.400. The minimum absolute atomic E-state index is 0.0475. The highest BCUT2D eigenvalue weighted by atomic mass is 35.5. The molecule has 0 aliphatic carbocycles. The maximum absolute atomic E-state index is 12.7. The third-order valence-corrected chi connectivity index (χ3v) is 5.31. The maximum atomic E-state index is 12.7. The highest BCUT2D eigenvalue weighted by molar-refractivity contribution is 7.21. The molecule has 1 aromatic carbocycles. The summed E-state index contributed by atoms with van der Waals surface area (Å²) in [6.45, 7) is 3.83. The van der Waals surface area contributed by atoms with Crippen molar-refractivity contribution in [1.82, 2.24) is 4.90 Å². The average molecular weight is 309 g/mol. The molecule has 0 bridgehead atoms. The van der Waals surface area contributed by atoms with Gasteiger partial charge in [0.05, 0.1) is 10.7 Å². The van der Waals surface area contributed by atoms with Crippen molar-refractivity contribution in [2.75, 3.05) is 18.8 Å². The maximum Gasteiger partial charge on any atom is 0.266 e. The number of likely N-dealkylation sites (tertiary alicyclic amines) is 1. The Morgan fingerprint density at radius 2 is 2.30 bits per heavy atom. The van der Waals surface area contributed by atoms with E-state index in [2.05, 4.69) is 6.92 Å². The lowest BCUT2D eigenvalue weighted by atomic mass is 10.00. The van der Waals surface area contributed by atoms with Crippen LogP contribution in [-0.4, -0.2) is 23.9 Å². The van der Waals surface area contributed by atoms with Crippen LogP contribution in [0, 0.1) is 5.92 Å². The zero-order chi connectivity index (χ0) is 14.3. The lowest BCUT2D eigenvalue weighted by Crippen LogP contribution is -2.38. The summed E-state index contributed by atoms with van der Waals surface area (Å²) in [4.78, 5) is 15.2.